The highest BCUT2D eigenvalue weighted by molar-refractivity contribution is 5.41. The van der Waals surface area contributed by atoms with E-state index in [0.29, 0.717) is 18.9 Å². The second kappa shape index (κ2) is 7.04. The molecule has 5 heteroatoms. The lowest BCUT2D eigenvalue weighted by Crippen LogP contribution is -2.14. The minimum Gasteiger partial charge on any atom is -0.504 e. The summed E-state index contributed by atoms with van der Waals surface area (Å²) in [5, 5.41) is 12.6. The van der Waals surface area contributed by atoms with Gasteiger partial charge in [0.2, 0.25) is 0 Å². The van der Waals surface area contributed by atoms with E-state index in [2.05, 4.69) is 5.32 Å². The fourth-order valence-electron chi connectivity index (χ4n) is 1.96. The molecule has 0 saturated carbocycles. The van der Waals surface area contributed by atoms with Crippen molar-refractivity contribution in [1.29, 1.82) is 0 Å². The van der Waals surface area contributed by atoms with Crippen LogP contribution in [0.15, 0.2) is 36.4 Å². The van der Waals surface area contributed by atoms with Crippen LogP contribution in [-0.4, -0.2) is 11.7 Å². The van der Waals surface area contributed by atoms with E-state index in [-0.39, 0.29) is 17.9 Å². The van der Waals surface area contributed by atoms with E-state index in [1.165, 1.54) is 6.07 Å². The number of hydrogen-bond acceptors (Lipinski definition) is 3. The molecule has 2 aromatic rings. The molecule has 0 aliphatic heterocycles. The minimum absolute atomic E-state index is 0.0803. The van der Waals surface area contributed by atoms with Gasteiger partial charge >= 0.3 is 0 Å². The Morgan fingerprint density at radius 3 is 2.67 bits per heavy atom. The van der Waals surface area contributed by atoms with Crippen molar-refractivity contribution in [1.82, 2.24) is 5.32 Å². The molecule has 0 amide bonds. The lowest BCUT2D eigenvalue weighted by Gasteiger charge is -2.10. The van der Waals surface area contributed by atoms with E-state index in [1.807, 2.05) is 6.92 Å². The van der Waals surface area contributed by atoms with Gasteiger partial charge in [-0.25, -0.2) is 8.78 Å². The average Bonchev–Trinajstić information content (AvgIpc) is 2.46. The number of hydrogen-bond donors (Lipinski definition) is 2. The summed E-state index contributed by atoms with van der Waals surface area (Å²) in [6.07, 6.45) is 0. The molecule has 21 heavy (non-hydrogen) atoms. The first-order chi connectivity index (χ1) is 10.1. The van der Waals surface area contributed by atoms with Crippen LogP contribution in [0.25, 0.3) is 0 Å². The number of nitrogens with one attached hydrogen (secondary N) is 1. The van der Waals surface area contributed by atoms with Crippen molar-refractivity contribution >= 4 is 0 Å². The number of benzene rings is 2. The summed E-state index contributed by atoms with van der Waals surface area (Å²) in [5.41, 5.74) is 1.16. The van der Waals surface area contributed by atoms with Crippen molar-refractivity contribution in [3.63, 3.8) is 0 Å². The summed E-state index contributed by atoms with van der Waals surface area (Å²) < 4.78 is 31.8. The van der Waals surface area contributed by atoms with Gasteiger partial charge < -0.3 is 15.2 Å². The molecule has 0 bridgehead atoms. The zero-order valence-electron chi connectivity index (χ0n) is 11.7. The van der Waals surface area contributed by atoms with Crippen LogP contribution in [0.4, 0.5) is 8.78 Å². The van der Waals surface area contributed by atoms with Gasteiger partial charge in [0.25, 0.3) is 0 Å². The predicted molar refractivity (Wildman–Crippen MR) is 76.2 cm³/mol. The molecule has 3 nitrogen and oxygen atoms in total. The van der Waals surface area contributed by atoms with Gasteiger partial charge in [0, 0.05) is 18.7 Å². The molecule has 0 fully saturated rings. The number of rotatable bonds is 6. The van der Waals surface area contributed by atoms with Crippen LogP contribution < -0.4 is 10.1 Å². The molecule has 2 N–H and O–H groups in total. The van der Waals surface area contributed by atoms with Crippen LogP contribution in [-0.2, 0) is 13.1 Å². The van der Waals surface area contributed by atoms with Crippen LogP contribution >= 0.6 is 0 Å². The monoisotopic (exact) mass is 293 g/mol. The zero-order chi connectivity index (χ0) is 15.2. The SMILES string of the molecule is CCOc1cc(CNCc2cc(F)ccc2F)ccc1O. The molecule has 0 heterocycles. The topological polar surface area (TPSA) is 41.5 Å². The van der Waals surface area contributed by atoms with Crippen molar-refractivity contribution in [2.75, 3.05) is 6.61 Å². The molecule has 0 aromatic heterocycles. The van der Waals surface area contributed by atoms with Crippen molar-refractivity contribution in [3.05, 3.63) is 59.2 Å². The fraction of sp³-hybridized carbons (Fsp3) is 0.250. The predicted octanol–water partition coefficient (Wildman–Crippen LogP) is 3.36. The van der Waals surface area contributed by atoms with Gasteiger partial charge in [0.1, 0.15) is 11.6 Å². The average molecular weight is 293 g/mol. The summed E-state index contributed by atoms with van der Waals surface area (Å²) >= 11 is 0. The Hall–Kier alpha value is -2.14. The second-order valence-electron chi connectivity index (χ2n) is 4.57. The summed E-state index contributed by atoms with van der Waals surface area (Å²) in [5.74, 6) is -0.411. The summed E-state index contributed by atoms with van der Waals surface area (Å²) in [6, 6.07) is 8.38. The smallest absolute Gasteiger partial charge is 0.161 e. The highest BCUT2D eigenvalue weighted by Gasteiger charge is 2.05. The van der Waals surface area contributed by atoms with E-state index in [9.17, 15) is 13.9 Å². The molecule has 0 aliphatic rings. The third-order valence-corrected chi connectivity index (χ3v) is 2.98. The molecule has 0 atom stereocenters. The van der Waals surface area contributed by atoms with E-state index in [1.54, 1.807) is 18.2 Å². The van der Waals surface area contributed by atoms with Gasteiger partial charge in [-0.15, -0.1) is 0 Å². The highest BCUT2D eigenvalue weighted by Crippen LogP contribution is 2.26. The van der Waals surface area contributed by atoms with Gasteiger partial charge in [-0.3, -0.25) is 0 Å². The van der Waals surface area contributed by atoms with Gasteiger partial charge in [-0.2, -0.15) is 0 Å². The van der Waals surface area contributed by atoms with E-state index in [4.69, 9.17) is 4.74 Å². The quantitative estimate of drug-likeness (QED) is 0.858. The Kier molecular flexibility index (Phi) is 5.11. The number of phenols is 1. The minimum atomic E-state index is -0.462. The lowest BCUT2D eigenvalue weighted by atomic mass is 10.1. The number of aromatic hydroxyl groups is 1. The lowest BCUT2D eigenvalue weighted by molar-refractivity contribution is 0.317. The van der Waals surface area contributed by atoms with Gasteiger partial charge in [0.15, 0.2) is 11.5 Å². The van der Waals surface area contributed by atoms with Crippen LogP contribution in [0, 0.1) is 11.6 Å². The molecule has 0 spiro atoms. The summed E-state index contributed by atoms with van der Waals surface area (Å²) in [7, 11) is 0. The molecular weight excluding hydrogens is 276 g/mol. The molecule has 0 unspecified atom stereocenters. The number of phenolic OH excluding ortho intramolecular Hbond substituents is 1. The number of ether oxygens (including phenoxy) is 1. The van der Waals surface area contributed by atoms with Crippen LogP contribution in [0.2, 0.25) is 0 Å². The largest absolute Gasteiger partial charge is 0.504 e. The summed E-state index contributed by atoms with van der Waals surface area (Å²) in [4.78, 5) is 0. The zero-order valence-corrected chi connectivity index (χ0v) is 11.7. The van der Waals surface area contributed by atoms with Gasteiger partial charge in [-0.05, 0) is 42.8 Å². The Balaban J connectivity index is 1.97. The first-order valence-corrected chi connectivity index (χ1v) is 6.69. The van der Waals surface area contributed by atoms with Crippen LogP contribution in [0.5, 0.6) is 11.5 Å². The van der Waals surface area contributed by atoms with Crippen molar-refractivity contribution < 1.29 is 18.6 Å². The Morgan fingerprint density at radius 1 is 1.10 bits per heavy atom. The fourth-order valence-corrected chi connectivity index (χ4v) is 1.96. The number of halogens is 2. The van der Waals surface area contributed by atoms with E-state index >= 15 is 0 Å². The third kappa shape index (κ3) is 4.16. The van der Waals surface area contributed by atoms with E-state index in [0.717, 1.165) is 17.7 Å². The van der Waals surface area contributed by atoms with Crippen LogP contribution in [0.1, 0.15) is 18.1 Å². The second-order valence-corrected chi connectivity index (χ2v) is 4.57. The third-order valence-electron chi connectivity index (χ3n) is 2.98. The molecule has 2 aromatic carbocycles. The normalized spacial score (nSPS) is 10.6. The van der Waals surface area contributed by atoms with Crippen molar-refractivity contribution in [3.8, 4) is 11.5 Å². The molecular formula is C16H17F2NO2. The summed E-state index contributed by atoms with van der Waals surface area (Å²) in [6.45, 7) is 2.96. The maximum absolute atomic E-state index is 13.5. The van der Waals surface area contributed by atoms with E-state index < -0.39 is 11.6 Å². The highest BCUT2D eigenvalue weighted by atomic mass is 19.1. The Labute approximate surface area is 122 Å². The first-order valence-electron chi connectivity index (χ1n) is 6.69. The Bertz CT molecular complexity index is 617. The molecule has 112 valence electrons. The molecule has 0 radical (unpaired) electrons. The standard InChI is InChI=1S/C16H17F2NO2/c1-2-21-16-7-11(3-6-15(16)20)9-19-10-12-8-13(17)4-5-14(12)18/h3-8,19-20H,2,9-10H2,1H3. The maximum Gasteiger partial charge on any atom is 0.161 e. The molecule has 0 aliphatic carbocycles. The molecule has 0 saturated heterocycles. The Morgan fingerprint density at radius 2 is 1.90 bits per heavy atom. The van der Waals surface area contributed by atoms with Crippen molar-refractivity contribution in [2.24, 2.45) is 0 Å². The molecule has 2 rings (SSSR count). The maximum atomic E-state index is 13.5. The van der Waals surface area contributed by atoms with Crippen LogP contribution in [0.3, 0.4) is 0 Å². The van der Waals surface area contributed by atoms with Crippen molar-refractivity contribution in [2.45, 2.75) is 20.0 Å². The van der Waals surface area contributed by atoms with Gasteiger partial charge in [-0.1, -0.05) is 6.07 Å². The first kappa shape index (κ1) is 15.3. The van der Waals surface area contributed by atoms with Gasteiger partial charge in [0.05, 0.1) is 6.61 Å².